The van der Waals surface area contributed by atoms with E-state index in [0.29, 0.717) is 11.4 Å². The first-order valence-electron chi connectivity index (χ1n) is 8.04. The number of hydrogen-bond donors (Lipinski definition) is 2. The number of aryl methyl sites for hydroxylation is 1. The van der Waals surface area contributed by atoms with Crippen molar-refractivity contribution >= 4 is 17.6 Å². The third-order valence-electron chi connectivity index (χ3n) is 3.85. The van der Waals surface area contributed by atoms with Gasteiger partial charge in [0, 0.05) is 11.7 Å². The molecule has 2 heterocycles. The van der Waals surface area contributed by atoms with Gasteiger partial charge < -0.3 is 15.0 Å². The SMILES string of the molecule is Cc1ncc(-c2nc(Nc3cccc(C(=O)O)c3)ncc2F)n1C(C)C. The minimum atomic E-state index is -1.04. The number of nitrogens with zero attached hydrogens (tertiary/aromatic N) is 4. The molecule has 0 aliphatic heterocycles. The first-order valence-corrected chi connectivity index (χ1v) is 8.04. The standard InChI is InChI=1S/C18H18FN5O2/c1-10(2)24-11(3)20-9-15(24)16-14(19)8-21-18(23-16)22-13-6-4-5-12(7-13)17(25)26/h4-10H,1-3H3,(H,25,26)(H,21,22,23). The molecule has 2 N–H and O–H groups in total. The number of halogens is 1. The van der Waals surface area contributed by atoms with Crippen LogP contribution >= 0.6 is 0 Å². The van der Waals surface area contributed by atoms with Gasteiger partial charge in [-0.25, -0.2) is 24.1 Å². The highest BCUT2D eigenvalue weighted by atomic mass is 19.1. The number of carbonyl (C=O) groups is 1. The highest BCUT2D eigenvalue weighted by Gasteiger charge is 2.18. The Kier molecular flexibility index (Phi) is 4.66. The van der Waals surface area contributed by atoms with E-state index in [0.717, 1.165) is 12.0 Å². The van der Waals surface area contributed by atoms with E-state index in [9.17, 15) is 9.18 Å². The first-order chi connectivity index (χ1) is 12.4. The topological polar surface area (TPSA) is 92.9 Å². The summed E-state index contributed by atoms with van der Waals surface area (Å²) in [4.78, 5) is 23.5. The van der Waals surface area contributed by atoms with Crippen LogP contribution in [0.1, 0.15) is 36.1 Å². The average molecular weight is 355 g/mol. The Bertz CT molecular complexity index is 968. The summed E-state index contributed by atoms with van der Waals surface area (Å²) in [6.07, 6.45) is 2.66. The molecule has 134 valence electrons. The van der Waals surface area contributed by atoms with E-state index in [1.54, 1.807) is 18.3 Å². The van der Waals surface area contributed by atoms with Crippen LogP contribution in [0, 0.1) is 12.7 Å². The zero-order valence-electron chi connectivity index (χ0n) is 14.6. The summed E-state index contributed by atoms with van der Waals surface area (Å²) in [5, 5.41) is 12.0. The van der Waals surface area contributed by atoms with E-state index < -0.39 is 11.8 Å². The van der Waals surface area contributed by atoms with Crippen molar-refractivity contribution in [3.05, 3.63) is 53.9 Å². The molecule has 2 aromatic heterocycles. The Balaban J connectivity index is 1.99. The van der Waals surface area contributed by atoms with Crippen LogP contribution in [0.25, 0.3) is 11.4 Å². The lowest BCUT2D eigenvalue weighted by Gasteiger charge is -2.14. The summed E-state index contributed by atoms with van der Waals surface area (Å²) in [5.74, 6) is -0.669. The number of imidazole rings is 1. The molecule has 0 aliphatic rings. The molecule has 26 heavy (non-hydrogen) atoms. The molecule has 0 amide bonds. The van der Waals surface area contributed by atoms with Crippen molar-refractivity contribution in [3.63, 3.8) is 0 Å². The van der Waals surface area contributed by atoms with Crippen molar-refractivity contribution in [2.24, 2.45) is 0 Å². The van der Waals surface area contributed by atoms with E-state index in [2.05, 4.69) is 20.3 Å². The van der Waals surface area contributed by atoms with Gasteiger partial charge in [-0.1, -0.05) is 6.07 Å². The van der Waals surface area contributed by atoms with Crippen LogP contribution in [0.15, 0.2) is 36.7 Å². The van der Waals surface area contributed by atoms with Crippen molar-refractivity contribution in [2.45, 2.75) is 26.8 Å². The van der Waals surface area contributed by atoms with Gasteiger partial charge >= 0.3 is 5.97 Å². The largest absolute Gasteiger partial charge is 0.478 e. The second-order valence-electron chi connectivity index (χ2n) is 6.06. The van der Waals surface area contributed by atoms with Gasteiger partial charge in [0.05, 0.1) is 23.7 Å². The van der Waals surface area contributed by atoms with Crippen molar-refractivity contribution in [1.29, 1.82) is 0 Å². The highest BCUT2D eigenvalue weighted by molar-refractivity contribution is 5.89. The molecular formula is C18H18FN5O2. The third-order valence-corrected chi connectivity index (χ3v) is 3.85. The second-order valence-corrected chi connectivity index (χ2v) is 6.06. The fourth-order valence-electron chi connectivity index (χ4n) is 2.75. The van der Waals surface area contributed by atoms with Crippen LogP contribution in [0.5, 0.6) is 0 Å². The van der Waals surface area contributed by atoms with Gasteiger partial charge in [-0.2, -0.15) is 0 Å². The lowest BCUT2D eigenvalue weighted by Crippen LogP contribution is -2.08. The molecule has 3 rings (SSSR count). The van der Waals surface area contributed by atoms with Gasteiger partial charge in [-0.05, 0) is 39.0 Å². The molecule has 0 aliphatic carbocycles. The maximum Gasteiger partial charge on any atom is 0.335 e. The molecule has 0 radical (unpaired) electrons. The summed E-state index contributed by atoms with van der Waals surface area (Å²) in [6.45, 7) is 5.81. The molecule has 0 atom stereocenters. The quantitative estimate of drug-likeness (QED) is 0.723. The number of aromatic nitrogens is 4. The van der Waals surface area contributed by atoms with Gasteiger partial charge in [0.15, 0.2) is 5.82 Å². The lowest BCUT2D eigenvalue weighted by atomic mass is 10.2. The van der Waals surface area contributed by atoms with Crippen LogP contribution in [-0.4, -0.2) is 30.6 Å². The summed E-state index contributed by atoms with van der Waals surface area (Å²) in [5.41, 5.74) is 1.31. The summed E-state index contributed by atoms with van der Waals surface area (Å²) in [6, 6.07) is 6.31. The zero-order valence-corrected chi connectivity index (χ0v) is 14.6. The first kappa shape index (κ1) is 17.5. The molecule has 0 saturated carbocycles. The van der Waals surface area contributed by atoms with Crippen LogP contribution in [0.2, 0.25) is 0 Å². The van der Waals surface area contributed by atoms with Crippen LogP contribution in [0.4, 0.5) is 16.0 Å². The number of anilines is 2. The minimum absolute atomic E-state index is 0.0884. The molecule has 1 aromatic carbocycles. The van der Waals surface area contributed by atoms with Gasteiger partial charge in [0.1, 0.15) is 11.5 Å². The number of rotatable bonds is 5. The molecular weight excluding hydrogens is 337 g/mol. The molecule has 0 spiro atoms. The number of hydrogen-bond acceptors (Lipinski definition) is 5. The normalized spacial score (nSPS) is 11.0. The smallest absolute Gasteiger partial charge is 0.335 e. The van der Waals surface area contributed by atoms with Crippen LogP contribution in [-0.2, 0) is 0 Å². The summed E-state index contributed by atoms with van der Waals surface area (Å²) >= 11 is 0. The average Bonchev–Trinajstić information content (AvgIpc) is 2.98. The second kappa shape index (κ2) is 6.91. The number of nitrogens with one attached hydrogen (secondary N) is 1. The van der Waals surface area contributed by atoms with Gasteiger partial charge in [-0.15, -0.1) is 0 Å². The number of carboxylic acid groups (broad SMARTS) is 1. The van der Waals surface area contributed by atoms with Gasteiger partial charge in [0.25, 0.3) is 0 Å². The molecule has 0 bridgehead atoms. The van der Waals surface area contributed by atoms with E-state index >= 15 is 0 Å². The van der Waals surface area contributed by atoms with Crippen molar-refractivity contribution in [2.75, 3.05) is 5.32 Å². The number of benzene rings is 1. The predicted molar refractivity (Wildman–Crippen MR) is 95.0 cm³/mol. The van der Waals surface area contributed by atoms with Crippen molar-refractivity contribution < 1.29 is 14.3 Å². The minimum Gasteiger partial charge on any atom is -0.478 e. The number of aromatic carboxylic acids is 1. The monoisotopic (exact) mass is 355 g/mol. The van der Waals surface area contributed by atoms with E-state index in [1.807, 2.05) is 25.3 Å². The third kappa shape index (κ3) is 3.39. The highest BCUT2D eigenvalue weighted by Crippen LogP contribution is 2.26. The van der Waals surface area contributed by atoms with E-state index in [4.69, 9.17) is 5.11 Å². The summed E-state index contributed by atoms with van der Waals surface area (Å²) < 4.78 is 16.2. The van der Waals surface area contributed by atoms with Crippen molar-refractivity contribution in [3.8, 4) is 11.4 Å². The lowest BCUT2D eigenvalue weighted by molar-refractivity contribution is 0.0697. The molecule has 7 nitrogen and oxygen atoms in total. The Morgan fingerprint density at radius 3 is 2.73 bits per heavy atom. The molecule has 8 heteroatoms. The van der Waals surface area contributed by atoms with Gasteiger partial charge in [0.2, 0.25) is 5.95 Å². The van der Waals surface area contributed by atoms with Gasteiger partial charge in [-0.3, -0.25) is 0 Å². The van der Waals surface area contributed by atoms with Crippen molar-refractivity contribution in [1.82, 2.24) is 19.5 Å². The van der Waals surface area contributed by atoms with E-state index in [-0.39, 0.29) is 23.2 Å². The van der Waals surface area contributed by atoms with Crippen LogP contribution in [0.3, 0.4) is 0 Å². The molecule has 0 fully saturated rings. The Hall–Kier alpha value is -3.29. The number of carboxylic acids is 1. The molecule has 3 aromatic rings. The van der Waals surface area contributed by atoms with Crippen LogP contribution < -0.4 is 5.32 Å². The molecule has 0 saturated heterocycles. The Morgan fingerprint density at radius 2 is 2.04 bits per heavy atom. The maximum absolute atomic E-state index is 14.3. The zero-order chi connectivity index (χ0) is 18.8. The van der Waals surface area contributed by atoms with E-state index in [1.165, 1.54) is 12.1 Å². The molecule has 0 unspecified atom stereocenters. The Labute approximate surface area is 149 Å². The summed E-state index contributed by atoms with van der Waals surface area (Å²) in [7, 11) is 0. The maximum atomic E-state index is 14.3. The predicted octanol–water partition coefficient (Wildman–Crippen LogP) is 3.81. The fourth-order valence-corrected chi connectivity index (χ4v) is 2.75. The fraction of sp³-hybridized carbons (Fsp3) is 0.222. The Morgan fingerprint density at radius 1 is 1.27 bits per heavy atom.